The summed E-state index contributed by atoms with van der Waals surface area (Å²) in [6.45, 7) is 5.98. The zero-order chi connectivity index (χ0) is 38.6. The smallest absolute Gasteiger partial charge is 0.336 e. The normalized spacial score (nSPS) is 11.5. The summed E-state index contributed by atoms with van der Waals surface area (Å²) in [5.41, 5.74) is 4.09. The summed E-state index contributed by atoms with van der Waals surface area (Å²) >= 11 is 0. The zero-order valence-corrected chi connectivity index (χ0v) is 33.2. The van der Waals surface area contributed by atoms with E-state index in [9.17, 15) is 4.79 Å². The molecular weight excluding hydrogens is 683 g/mol. The number of hydrogen-bond donors (Lipinski definition) is 0. The summed E-state index contributed by atoms with van der Waals surface area (Å²) in [5, 5.41) is 8.70. The predicted molar refractivity (Wildman–Crippen MR) is 228 cm³/mol. The zero-order valence-electron chi connectivity index (χ0n) is 33.2. The lowest BCUT2D eigenvalue weighted by atomic mass is 10.1. The van der Waals surface area contributed by atoms with Crippen molar-refractivity contribution in [2.24, 2.45) is 15.2 Å². The van der Waals surface area contributed by atoms with Crippen molar-refractivity contribution in [3.8, 4) is 17.2 Å². The topological polar surface area (TPSA) is 81.8 Å². The van der Waals surface area contributed by atoms with Gasteiger partial charge in [-0.25, -0.2) is 4.79 Å². The molecule has 0 radical (unpaired) electrons. The highest BCUT2D eigenvalue weighted by Gasteiger charge is 2.02. The average Bonchev–Trinajstić information content (AvgIpc) is 3.22. The van der Waals surface area contributed by atoms with E-state index < -0.39 is 5.97 Å². The van der Waals surface area contributed by atoms with Crippen LogP contribution in [-0.4, -0.2) is 25.4 Å². The maximum Gasteiger partial charge on any atom is 0.336 e. The fraction of sp³-hybridized carbons (Fsp3) is 0.417. The van der Waals surface area contributed by atoms with E-state index in [2.05, 4.69) is 29.1 Å². The molecule has 7 nitrogen and oxygen atoms in total. The van der Waals surface area contributed by atoms with Crippen molar-refractivity contribution in [3.05, 3.63) is 114 Å². The Hall–Kier alpha value is -5.04. The van der Waals surface area contributed by atoms with Crippen LogP contribution in [0.3, 0.4) is 0 Å². The molecule has 4 rings (SSSR count). The number of aliphatic imine (C=N–C) groups is 1. The van der Waals surface area contributed by atoms with Crippen LogP contribution in [0.1, 0.15) is 128 Å². The van der Waals surface area contributed by atoms with Gasteiger partial charge in [0, 0.05) is 12.3 Å². The van der Waals surface area contributed by atoms with Crippen molar-refractivity contribution in [1.82, 2.24) is 0 Å². The van der Waals surface area contributed by atoms with Crippen molar-refractivity contribution in [2.45, 2.75) is 117 Å². The van der Waals surface area contributed by atoms with E-state index >= 15 is 0 Å². The van der Waals surface area contributed by atoms with Gasteiger partial charge < -0.3 is 14.2 Å². The fourth-order valence-corrected chi connectivity index (χ4v) is 5.94. The molecule has 0 heterocycles. The summed E-state index contributed by atoms with van der Waals surface area (Å²) in [6.07, 6.45) is 25.5. The predicted octanol–water partition coefficient (Wildman–Crippen LogP) is 14.5. The second-order valence-electron chi connectivity index (χ2n) is 14.0. The Morgan fingerprint density at radius 1 is 0.473 bits per heavy atom. The molecule has 55 heavy (non-hydrogen) atoms. The third-order valence-electron chi connectivity index (χ3n) is 9.25. The maximum absolute atomic E-state index is 12.4. The van der Waals surface area contributed by atoms with Gasteiger partial charge in [-0.2, -0.15) is 10.2 Å². The Morgan fingerprint density at radius 3 is 1.38 bits per heavy atom. The van der Waals surface area contributed by atoms with Gasteiger partial charge in [0.05, 0.1) is 30.3 Å². The summed E-state index contributed by atoms with van der Waals surface area (Å²) in [5.74, 6) is 1.73. The summed E-state index contributed by atoms with van der Waals surface area (Å²) in [6, 6.07) is 30.2. The molecule has 7 heteroatoms. The first-order valence-electron chi connectivity index (χ1n) is 20.6. The Kier molecular flexibility index (Phi) is 20.7. The number of esters is 1. The van der Waals surface area contributed by atoms with Crippen LogP contribution in [0.5, 0.6) is 17.2 Å². The van der Waals surface area contributed by atoms with Gasteiger partial charge in [0.1, 0.15) is 17.2 Å². The molecule has 0 aliphatic rings. The van der Waals surface area contributed by atoms with Crippen LogP contribution in [0.25, 0.3) is 6.08 Å². The van der Waals surface area contributed by atoms with Crippen LogP contribution >= 0.6 is 0 Å². The molecule has 0 bridgehead atoms. The standard InChI is InChI=1S/C48H61N3O4/c1-3-5-7-9-11-12-13-14-16-18-37-53-45-30-19-40(20-31-45)23-36-48(52)55-47-32-21-41(22-33-47)39-49-42-24-26-43(27-25-42)50-51-44-28-34-46(35-29-44)54-38-17-15-10-8-6-4-2/h19-36,39H,3-18,37-38H2,1-2H3/b36-23+,49-39?,51-50?. The number of nitrogens with zero attached hydrogens (tertiary/aromatic N) is 3. The first-order chi connectivity index (χ1) is 27.1. The molecule has 0 aromatic heterocycles. The van der Waals surface area contributed by atoms with Gasteiger partial charge in [0.15, 0.2) is 0 Å². The van der Waals surface area contributed by atoms with Gasteiger partial charge in [-0.05, 0) is 115 Å². The Balaban J connectivity index is 1.10. The summed E-state index contributed by atoms with van der Waals surface area (Å²) in [7, 11) is 0. The minimum absolute atomic E-state index is 0.440. The van der Waals surface area contributed by atoms with Crippen LogP contribution in [0.15, 0.2) is 118 Å². The lowest BCUT2D eigenvalue weighted by Gasteiger charge is -2.06. The molecule has 0 unspecified atom stereocenters. The van der Waals surface area contributed by atoms with Crippen LogP contribution in [0.2, 0.25) is 0 Å². The van der Waals surface area contributed by atoms with Gasteiger partial charge in [-0.1, -0.05) is 116 Å². The van der Waals surface area contributed by atoms with E-state index in [-0.39, 0.29) is 0 Å². The van der Waals surface area contributed by atoms with E-state index in [0.29, 0.717) is 5.75 Å². The summed E-state index contributed by atoms with van der Waals surface area (Å²) < 4.78 is 17.2. The number of unbranched alkanes of at least 4 members (excludes halogenated alkanes) is 14. The molecule has 0 N–H and O–H groups in total. The highest BCUT2D eigenvalue weighted by atomic mass is 16.5. The van der Waals surface area contributed by atoms with Crippen LogP contribution < -0.4 is 14.2 Å². The van der Waals surface area contributed by atoms with Crippen molar-refractivity contribution < 1.29 is 19.0 Å². The Labute approximate surface area is 330 Å². The van der Waals surface area contributed by atoms with Gasteiger partial charge in [-0.3, -0.25) is 4.99 Å². The molecule has 4 aromatic carbocycles. The molecule has 0 aliphatic heterocycles. The minimum atomic E-state index is -0.440. The largest absolute Gasteiger partial charge is 0.494 e. The summed E-state index contributed by atoms with van der Waals surface area (Å²) in [4.78, 5) is 17.0. The monoisotopic (exact) mass is 743 g/mol. The molecule has 0 spiro atoms. The van der Waals surface area contributed by atoms with E-state index in [1.807, 2.05) is 84.9 Å². The molecule has 0 fully saturated rings. The average molecular weight is 744 g/mol. The molecule has 292 valence electrons. The molecule has 0 saturated carbocycles. The van der Waals surface area contributed by atoms with Crippen molar-refractivity contribution in [3.63, 3.8) is 0 Å². The fourth-order valence-electron chi connectivity index (χ4n) is 5.94. The molecule has 4 aromatic rings. The molecule has 0 aliphatic carbocycles. The highest BCUT2D eigenvalue weighted by molar-refractivity contribution is 5.89. The number of ether oxygens (including phenoxy) is 3. The lowest BCUT2D eigenvalue weighted by molar-refractivity contribution is -0.128. The van der Waals surface area contributed by atoms with Crippen LogP contribution in [0, 0.1) is 0 Å². The number of carbonyl (C=O) groups is 1. The number of azo groups is 1. The number of benzene rings is 4. The van der Waals surface area contributed by atoms with Crippen LogP contribution in [0.4, 0.5) is 17.1 Å². The number of hydrogen-bond acceptors (Lipinski definition) is 7. The highest BCUT2D eigenvalue weighted by Crippen LogP contribution is 2.24. The quantitative estimate of drug-likeness (QED) is 0.0152. The van der Waals surface area contributed by atoms with E-state index in [4.69, 9.17) is 14.2 Å². The molecule has 0 saturated heterocycles. The second-order valence-corrected chi connectivity index (χ2v) is 14.0. The van der Waals surface area contributed by atoms with Gasteiger partial charge >= 0.3 is 5.97 Å². The van der Waals surface area contributed by atoms with Gasteiger partial charge in [-0.15, -0.1) is 0 Å². The maximum atomic E-state index is 12.4. The third-order valence-corrected chi connectivity index (χ3v) is 9.25. The number of rotatable bonds is 27. The van der Waals surface area contributed by atoms with E-state index in [1.165, 1.54) is 96.0 Å². The first-order valence-corrected chi connectivity index (χ1v) is 20.6. The SMILES string of the molecule is CCCCCCCCCCCCOc1ccc(/C=C/C(=O)Oc2ccc(C=Nc3ccc(N=Nc4ccc(OCCCCCCCC)cc4)cc3)cc2)cc1. The van der Waals surface area contributed by atoms with Gasteiger partial charge in [0.25, 0.3) is 0 Å². The molecule has 0 amide bonds. The van der Waals surface area contributed by atoms with Crippen molar-refractivity contribution in [1.29, 1.82) is 0 Å². The lowest BCUT2D eigenvalue weighted by Crippen LogP contribution is -2.03. The Morgan fingerprint density at radius 2 is 0.873 bits per heavy atom. The second kappa shape index (κ2) is 26.7. The van der Waals surface area contributed by atoms with Gasteiger partial charge in [0.2, 0.25) is 0 Å². The van der Waals surface area contributed by atoms with Crippen molar-refractivity contribution in [2.75, 3.05) is 13.2 Å². The Bertz CT molecular complexity index is 1700. The minimum Gasteiger partial charge on any atom is -0.494 e. The molecule has 0 atom stereocenters. The number of carbonyl (C=O) groups excluding carboxylic acids is 1. The van der Waals surface area contributed by atoms with Crippen LogP contribution in [-0.2, 0) is 4.79 Å². The van der Waals surface area contributed by atoms with E-state index in [0.717, 1.165) is 65.7 Å². The molecular formula is C48H61N3O4. The van der Waals surface area contributed by atoms with E-state index in [1.54, 1.807) is 24.4 Å². The third kappa shape index (κ3) is 18.7. The van der Waals surface area contributed by atoms with Crippen molar-refractivity contribution >= 4 is 35.3 Å². The first kappa shape index (κ1) is 42.7.